The van der Waals surface area contributed by atoms with E-state index in [-0.39, 0.29) is 0 Å². The van der Waals surface area contributed by atoms with Gasteiger partial charge in [-0.3, -0.25) is 0 Å². The van der Waals surface area contributed by atoms with Crippen LogP contribution >= 0.6 is 0 Å². The summed E-state index contributed by atoms with van der Waals surface area (Å²) in [6.07, 6.45) is 0. The Morgan fingerprint density at radius 2 is 0.914 bits per heavy atom. The molecule has 1 nitrogen and oxygen atoms in total. The predicted octanol–water partition coefficient (Wildman–Crippen LogP) is 9.58. The van der Waals surface area contributed by atoms with E-state index in [4.69, 9.17) is 0 Å². The Morgan fingerprint density at radius 1 is 0.343 bits per heavy atom. The lowest BCUT2D eigenvalue weighted by molar-refractivity contribution is 1.52. The van der Waals surface area contributed by atoms with Crippen LogP contribution in [0.2, 0.25) is 0 Å². The molecule has 0 aromatic heterocycles. The molecule has 6 aromatic carbocycles. The molecule has 0 radical (unpaired) electrons. The van der Waals surface area contributed by atoms with Crippen molar-refractivity contribution in [3.05, 3.63) is 146 Å². The van der Waals surface area contributed by atoms with Gasteiger partial charge in [-0.05, 0) is 56.8 Å². The molecule has 0 aliphatic rings. The van der Waals surface area contributed by atoms with Crippen LogP contribution in [-0.4, -0.2) is 0 Å². The summed E-state index contributed by atoms with van der Waals surface area (Å²) >= 11 is 0. The Morgan fingerprint density at radius 3 is 1.74 bits per heavy atom. The third-order valence-corrected chi connectivity index (χ3v) is 6.49. The van der Waals surface area contributed by atoms with Gasteiger partial charge in [0.15, 0.2) is 0 Å². The monoisotopic (exact) mass is 447 g/mol. The number of hydrogen-bond acceptors (Lipinski definition) is 1. The van der Waals surface area contributed by atoms with Gasteiger partial charge >= 0.3 is 0 Å². The van der Waals surface area contributed by atoms with Crippen molar-refractivity contribution in [3.63, 3.8) is 0 Å². The fourth-order valence-electron chi connectivity index (χ4n) is 4.78. The van der Waals surface area contributed by atoms with Crippen LogP contribution in [0.3, 0.4) is 0 Å². The van der Waals surface area contributed by atoms with Gasteiger partial charge in [0.05, 0.1) is 0 Å². The van der Waals surface area contributed by atoms with E-state index < -0.39 is 0 Å². The highest BCUT2D eigenvalue weighted by Crippen LogP contribution is 2.37. The Balaban J connectivity index is 1.35. The maximum absolute atomic E-state index is 3.62. The van der Waals surface area contributed by atoms with Crippen LogP contribution in [0.15, 0.2) is 146 Å². The van der Waals surface area contributed by atoms with E-state index in [1.165, 1.54) is 44.2 Å². The molecule has 6 rings (SSSR count). The number of rotatable bonds is 5. The first kappa shape index (κ1) is 20.9. The molecular weight excluding hydrogens is 422 g/mol. The van der Waals surface area contributed by atoms with Crippen LogP contribution in [0.25, 0.3) is 44.2 Å². The van der Waals surface area contributed by atoms with Crippen LogP contribution < -0.4 is 5.32 Å². The van der Waals surface area contributed by atoms with E-state index in [0.717, 1.165) is 11.4 Å². The van der Waals surface area contributed by atoms with Gasteiger partial charge in [0.1, 0.15) is 0 Å². The van der Waals surface area contributed by atoms with Gasteiger partial charge in [-0.15, -0.1) is 0 Å². The quantitative estimate of drug-likeness (QED) is 0.277. The number of fused-ring (bicyclic) bond motifs is 1. The van der Waals surface area contributed by atoms with Crippen LogP contribution in [0.5, 0.6) is 0 Å². The fraction of sp³-hybridized carbons (Fsp3) is 0. The number of benzene rings is 6. The first-order chi connectivity index (χ1) is 17.4. The summed E-state index contributed by atoms with van der Waals surface area (Å²) in [5, 5.41) is 6.16. The van der Waals surface area contributed by atoms with Crippen LogP contribution in [0, 0.1) is 0 Å². The highest BCUT2D eigenvalue weighted by molar-refractivity contribution is 6.00. The molecule has 1 heteroatoms. The highest BCUT2D eigenvalue weighted by atomic mass is 14.9. The van der Waals surface area contributed by atoms with Crippen molar-refractivity contribution in [2.24, 2.45) is 0 Å². The summed E-state index contributed by atoms with van der Waals surface area (Å²) in [4.78, 5) is 0. The van der Waals surface area contributed by atoms with Gasteiger partial charge in [-0.1, -0.05) is 127 Å². The molecular formula is C34H25N. The second-order valence-electron chi connectivity index (χ2n) is 8.69. The Hall–Kier alpha value is -4.62. The van der Waals surface area contributed by atoms with E-state index in [1.54, 1.807) is 0 Å². The van der Waals surface area contributed by atoms with Crippen molar-refractivity contribution < 1.29 is 0 Å². The SMILES string of the molecule is c1ccc(-c2ccccc2Nc2ccc(-c3ccccc3-c3cccc4ccccc34)cc2)cc1. The van der Waals surface area contributed by atoms with Crippen molar-refractivity contribution in [2.75, 3.05) is 5.32 Å². The molecule has 6 aromatic rings. The fourth-order valence-corrected chi connectivity index (χ4v) is 4.78. The standard InChI is InChI=1S/C34H25N/c1-2-11-26(12-3-1)31-17-8-9-20-34(31)35-28-23-21-27(22-24-28)30-16-6-7-18-32(30)33-19-10-14-25-13-4-5-15-29(25)33/h1-24,35H. The van der Waals surface area contributed by atoms with Gasteiger partial charge in [-0.25, -0.2) is 0 Å². The first-order valence-corrected chi connectivity index (χ1v) is 12.0. The Bertz CT molecular complexity index is 1590. The molecule has 0 fully saturated rings. The molecule has 0 amide bonds. The van der Waals surface area contributed by atoms with Gasteiger partial charge < -0.3 is 5.32 Å². The minimum Gasteiger partial charge on any atom is -0.355 e. The summed E-state index contributed by atoms with van der Waals surface area (Å²) in [5.74, 6) is 0. The number of para-hydroxylation sites is 1. The van der Waals surface area contributed by atoms with E-state index in [9.17, 15) is 0 Å². The maximum Gasteiger partial charge on any atom is 0.0463 e. The number of hydrogen-bond donors (Lipinski definition) is 1. The lowest BCUT2D eigenvalue weighted by Gasteiger charge is -2.15. The van der Waals surface area contributed by atoms with E-state index in [2.05, 4.69) is 145 Å². The summed E-state index contributed by atoms with van der Waals surface area (Å²) in [6.45, 7) is 0. The van der Waals surface area contributed by atoms with Crippen molar-refractivity contribution >= 4 is 22.1 Å². The largest absolute Gasteiger partial charge is 0.355 e. The van der Waals surface area contributed by atoms with Gasteiger partial charge in [0.25, 0.3) is 0 Å². The average molecular weight is 448 g/mol. The minimum atomic E-state index is 1.07. The maximum atomic E-state index is 3.62. The van der Waals surface area contributed by atoms with Gasteiger partial charge in [-0.2, -0.15) is 0 Å². The molecule has 0 heterocycles. The third kappa shape index (κ3) is 4.20. The van der Waals surface area contributed by atoms with Crippen molar-refractivity contribution in [1.29, 1.82) is 0 Å². The molecule has 0 atom stereocenters. The summed E-state index contributed by atoms with van der Waals surface area (Å²) in [6, 6.07) is 51.5. The van der Waals surface area contributed by atoms with E-state index in [0.29, 0.717) is 0 Å². The first-order valence-electron chi connectivity index (χ1n) is 12.0. The molecule has 0 unspecified atom stereocenters. The zero-order valence-corrected chi connectivity index (χ0v) is 19.4. The van der Waals surface area contributed by atoms with Crippen LogP contribution in [0.1, 0.15) is 0 Å². The zero-order valence-electron chi connectivity index (χ0n) is 19.4. The van der Waals surface area contributed by atoms with Gasteiger partial charge in [0, 0.05) is 16.9 Å². The number of anilines is 2. The van der Waals surface area contributed by atoms with Crippen LogP contribution in [-0.2, 0) is 0 Å². The predicted molar refractivity (Wildman–Crippen MR) is 150 cm³/mol. The Kier molecular flexibility index (Phi) is 5.58. The molecule has 0 bridgehead atoms. The topological polar surface area (TPSA) is 12.0 Å². The molecule has 0 spiro atoms. The molecule has 166 valence electrons. The molecule has 0 aliphatic heterocycles. The average Bonchev–Trinajstić information content (AvgIpc) is 2.94. The Labute approximate surface area is 206 Å². The highest BCUT2D eigenvalue weighted by Gasteiger charge is 2.10. The summed E-state index contributed by atoms with van der Waals surface area (Å²) in [5.41, 5.74) is 9.52. The second kappa shape index (κ2) is 9.32. The minimum absolute atomic E-state index is 1.07. The van der Waals surface area contributed by atoms with Crippen molar-refractivity contribution in [2.45, 2.75) is 0 Å². The normalized spacial score (nSPS) is 10.9. The lowest BCUT2D eigenvalue weighted by atomic mass is 9.91. The molecule has 0 saturated heterocycles. The van der Waals surface area contributed by atoms with E-state index >= 15 is 0 Å². The smallest absolute Gasteiger partial charge is 0.0463 e. The lowest BCUT2D eigenvalue weighted by Crippen LogP contribution is -1.93. The summed E-state index contributed by atoms with van der Waals surface area (Å²) < 4.78 is 0. The van der Waals surface area contributed by atoms with Crippen molar-refractivity contribution in [1.82, 2.24) is 0 Å². The third-order valence-electron chi connectivity index (χ3n) is 6.49. The van der Waals surface area contributed by atoms with Crippen LogP contribution in [0.4, 0.5) is 11.4 Å². The van der Waals surface area contributed by atoms with Crippen molar-refractivity contribution in [3.8, 4) is 33.4 Å². The van der Waals surface area contributed by atoms with E-state index in [1.807, 2.05) is 6.07 Å². The zero-order chi connectivity index (χ0) is 23.5. The molecule has 0 saturated carbocycles. The molecule has 1 N–H and O–H groups in total. The molecule has 35 heavy (non-hydrogen) atoms. The van der Waals surface area contributed by atoms with Gasteiger partial charge in [0.2, 0.25) is 0 Å². The molecule has 0 aliphatic carbocycles. The second-order valence-corrected chi connectivity index (χ2v) is 8.69. The summed E-state index contributed by atoms with van der Waals surface area (Å²) in [7, 11) is 0. The number of nitrogens with one attached hydrogen (secondary N) is 1.